The molecular formula is C29H32F7N7O2. The van der Waals surface area contributed by atoms with Gasteiger partial charge in [-0.1, -0.05) is 6.92 Å². The summed E-state index contributed by atoms with van der Waals surface area (Å²) in [5, 5.41) is 3.37. The number of likely N-dealkylation sites (tertiary alicyclic amines) is 1. The number of piperazine rings is 1. The van der Waals surface area contributed by atoms with E-state index in [1.165, 1.54) is 0 Å². The van der Waals surface area contributed by atoms with E-state index in [1.807, 2.05) is 11.8 Å². The maximum atomic E-state index is 16.6. The number of hydrogen-bond donors (Lipinski definition) is 2. The summed E-state index contributed by atoms with van der Waals surface area (Å²) in [6.07, 6.45) is -6.08. The summed E-state index contributed by atoms with van der Waals surface area (Å²) in [4.78, 5) is 16.5. The maximum absolute atomic E-state index is 16.6. The number of hydrogen-bond acceptors (Lipinski definition) is 9. The van der Waals surface area contributed by atoms with Gasteiger partial charge in [-0.15, -0.1) is 0 Å². The minimum absolute atomic E-state index is 0.0173. The van der Waals surface area contributed by atoms with Gasteiger partial charge in [-0.3, -0.25) is 4.90 Å². The highest BCUT2D eigenvalue weighted by molar-refractivity contribution is 5.97. The van der Waals surface area contributed by atoms with Gasteiger partial charge in [0.05, 0.1) is 17.2 Å². The summed E-state index contributed by atoms with van der Waals surface area (Å²) in [5.74, 6) is -5.03. The van der Waals surface area contributed by atoms with E-state index < -0.39 is 69.5 Å². The highest BCUT2D eigenvalue weighted by Crippen LogP contribution is 2.47. The molecule has 244 valence electrons. The summed E-state index contributed by atoms with van der Waals surface area (Å²) < 4.78 is 116. The number of halogens is 7. The number of nitrogen functional groups attached to an aromatic ring is 1. The van der Waals surface area contributed by atoms with Crippen molar-refractivity contribution in [1.82, 2.24) is 25.2 Å². The van der Waals surface area contributed by atoms with Gasteiger partial charge in [0.25, 0.3) is 0 Å². The number of rotatable bonds is 5. The molecule has 0 amide bonds. The zero-order valence-corrected chi connectivity index (χ0v) is 24.9. The third-order valence-corrected chi connectivity index (χ3v) is 8.96. The summed E-state index contributed by atoms with van der Waals surface area (Å²) in [7, 11) is 1.73. The molecule has 5 heterocycles. The van der Waals surface area contributed by atoms with Crippen LogP contribution in [0.3, 0.4) is 0 Å². The van der Waals surface area contributed by atoms with Crippen molar-refractivity contribution in [1.29, 1.82) is 0 Å². The Morgan fingerprint density at radius 2 is 1.82 bits per heavy atom. The van der Waals surface area contributed by atoms with Crippen molar-refractivity contribution in [2.45, 2.75) is 70.2 Å². The lowest BCUT2D eigenvalue weighted by atomic mass is 9.95. The minimum Gasteiger partial charge on any atom is -0.472 e. The quantitative estimate of drug-likeness (QED) is 0.301. The monoisotopic (exact) mass is 643 g/mol. The third-order valence-electron chi connectivity index (χ3n) is 8.96. The molecule has 9 nitrogen and oxygen atoms in total. The van der Waals surface area contributed by atoms with Crippen LogP contribution in [0.25, 0.3) is 22.2 Å². The van der Waals surface area contributed by atoms with Crippen LogP contribution in [-0.2, 0) is 6.18 Å². The molecule has 16 heteroatoms. The van der Waals surface area contributed by atoms with Gasteiger partial charge in [0.2, 0.25) is 5.88 Å². The Morgan fingerprint density at radius 1 is 1.09 bits per heavy atom. The summed E-state index contributed by atoms with van der Waals surface area (Å²) in [6.45, 7) is 5.46. The Kier molecular flexibility index (Phi) is 7.86. The molecule has 3 aliphatic heterocycles. The Labute approximate surface area is 253 Å². The molecule has 0 saturated carbocycles. The standard InChI is InChI=1S/C29H32F7N7O2/c1-5-14-9-43-16(7-38-14)12(3)45-27-18-25(40-28(41-26(18)43)44-10-15-6-13(30)8-42(15)4)22(33)24(39-27)17-19(29(34,35)36)11(2)20(31)23(37)21(17)32/h12-16,38H,5-10,37H2,1-4H3/t12-,13+,14+,15-,16-/m0/s1. The van der Waals surface area contributed by atoms with Gasteiger partial charge >= 0.3 is 12.2 Å². The van der Waals surface area contributed by atoms with E-state index in [0.717, 1.165) is 13.3 Å². The molecule has 3 N–H and O–H groups in total. The average molecular weight is 644 g/mol. The first-order chi connectivity index (χ1) is 21.2. The van der Waals surface area contributed by atoms with Gasteiger partial charge < -0.3 is 25.4 Å². The van der Waals surface area contributed by atoms with E-state index in [1.54, 1.807) is 18.9 Å². The fourth-order valence-corrected chi connectivity index (χ4v) is 6.45. The van der Waals surface area contributed by atoms with E-state index >= 15 is 8.78 Å². The van der Waals surface area contributed by atoms with E-state index in [9.17, 15) is 22.0 Å². The second-order valence-corrected chi connectivity index (χ2v) is 11.8. The number of pyridine rings is 1. The Morgan fingerprint density at radius 3 is 2.47 bits per heavy atom. The number of likely N-dealkylation sites (N-methyl/N-ethyl adjacent to an activating group) is 1. The van der Waals surface area contributed by atoms with Crippen molar-refractivity contribution in [2.75, 3.05) is 43.9 Å². The molecule has 2 aromatic heterocycles. The van der Waals surface area contributed by atoms with Crippen LogP contribution in [0.2, 0.25) is 0 Å². The zero-order chi connectivity index (χ0) is 32.5. The van der Waals surface area contributed by atoms with Crippen molar-refractivity contribution in [2.24, 2.45) is 0 Å². The van der Waals surface area contributed by atoms with Crippen LogP contribution >= 0.6 is 0 Å². The van der Waals surface area contributed by atoms with Crippen LogP contribution in [0.4, 0.5) is 42.2 Å². The van der Waals surface area contributed by atoms with E-state index in [-0.39, 0.29) is 60.8 Å². The van der Waals surface area contributed by atoms with Crippen LogP contribution in [0.1, 0.15) is 37.8 Å². The predicted octanol–water partition coefficient (Wildman–Crippen LogP) is 4.78. The van der Waals surface area contributed by atoms with Crippen LogP contribution in [0.15, 0.2) is 0 Å². The second kappa shape index (κ2) is 11.3. The largest absolute Gasteiger partial charge is 0.472 e. The molecule has 5 atom stereocenters. The van der Waals surface area contributed by atoms with Gasteiger partial charge in [-0.2, -0.15) is 23.1 Å². The Hall–Kier alpha value is -3.66. The van der Waals surface area contributed by atoms with E-state index in [0.29, 0.717) is 13.1 Å². The number of nitrogens with two attached hydrogens (primary N) is 1. The van der Waals surface area contributed by atoms with Crippen molar-refractivity contribution < 1.29 is 40.2 Å². The van der Waals surface area contributed by atoms with E-state index in [4.69, 9.17) is 15.2 Å². The molecule has 0 radical (unpaired) electrons. The van der Waals surface area contributed by atoms with Crippen molar-refractivity contribution in [3.05, 3.63) is 28.6 Å². The molecule has 2 fully saturated rings. The highest BCUT2D eigenvalue weighted by Gasteiger charge is 2.43. The second-order valence-electron chi connectivity index (χ2n) is 11.8. The Bertz CT molecular complexity index is 1660. The number of benzene rings is 1. The van der Waals surface area contributed by atoms with Gasteiger partial charge in [-0.25, -0.2) is 22.5 Å². The molecule has 1 aromatic carbocycles. The minimum atomic E-state index is -5.31. The molecule has 0 bridgehead atoms. The van der Waals surface area contributed by atoms with Crippen LogP contribution in [-0.4, -0.2) is 83.5 Å². The first-order valence-electron chi connectivity index (χ1n) is 14.6. The van der Waals surface area contributed by atoms with Crippen molar-refractivity contribution in [3.8, 4) is 23.1 Å². The lowest BCUT2D eigenvalue weighted by Crippen LogP contribution is -2.60. The molecular weight excluding hydrogens is 611 g/mol. The highest BCUT2D eigenvalue weighted by atomic mass is 19.4. The smallest absolute Gasteiger partial charge is 0.417 e. The molecule has 3 aliphatic rings. The molecule has 2 saturated heterocycles. The number of aromatic nitrogens is 3. The predicted molar refractivity (Wildman–Crippen MR) is 152 cm³/mol. The average Bonchev–Trinajstić information content (AvgIpc) is 3.26. The first-order valence-corrected chi connectivity index (χ1v) is 14.6. The van der Waals surface area contributed by atoms with Gasteiger partial charge in [0.15, 0.2) is 17.5 Å². The van der Waals surface area contributed by atoms with Gasteiger partial charge in [0.1, 0.15) is 47.0 Å². The SMILES string of the molecule is CC[C@@H]1CN2c3nc(OC[C@@H]4C[C@@H](F)CN4C)nc4c(F)c(-c5c(F)c(N)c(F)c(C)c5C(F)(F)F)nc(c34)O[C@@H](C)[C@@H]2CN1. The van der Waals surface area contributed by atoms with Crippen molar-refractivity contribution >= 4 is 22.4 Å². The summed E-state index contributed by atoms with van der Waals surface area (Å²) in [6, 6.07) is -1.01. The number of nitrogens with one attached hydrogen (secondary N) is 1. The van der Waals surface area contributed by atoms with Crippen molar-refractivity contribution in [3.63, 3.8) is 0 Å². The van der Waals surface area contributed by atoms with Gasteiger partial charge in [-0.05, 0) is 39.3 Å². The fraction of sp³-hybridized carbons (Fsp3) is 0.552. The third kappa shape index (κ3) is 5.24. The molecule has 6 rings (SSSR count). The molecule has 3 aromatic rings. The summed E-state index contributed by atoms with van der Waals surface area (Å²) in [5.41, 5.74) is -1.52. The molecule has 0 spiro atoms. The zero-order valence-electron chi connectivity index (χ0n) is 24.9. The van der Waals surface area contributed by atoms with E-state index in [2.05, 4.69) is 20.3 Å². The normalized spacial score (nSPS) is 25.3. The van der Waals surface area contributed by atoms with Crippen LogP contribution in [0.5, 0.6) is 11.9 Å². The number of anilines is 2. The number of fused-ring (bicyclic) bond motifs is 2. The van der Waals surface area contributed by atoms with Gasteiger partial charge in [0, 0.05) is 31.7 Å². The molecule has 45 heavy (non-hydrogen) atoms. The first kappa shape index (κ1) is 31.3. The van der Waals surface area contributed by atoms with Crippen LogP contribution in [0, 0.1) is 24.4 Å². The molecule has 0 unspecified atom stereocenters. The lowest BCUT2D eigenvalue weighted by Gasteiger charge is -2.42. The Balaban J connectivity index is 1.61. The topological polar surface area (TPSA) is 102 Å². The fourth-order valence-electron chi connectivity index (χ4n) is 6.45. The van der Waals surface area contributed by atoms with Crippen LogP contribution < -0.4 is 25.4 Å². The maximum Gasteiger partial charge on any atom is 0.417 e. The summed E-state index contributed by atoms with van der Waals surface area (Å²) >= 11 is 0. The lowest BCUT2D eigenvalue weighted by molar-refractivity contribution is -0.137. The number of alkyl halides is 4. The number of ether oxygens (including phenoxy) is 2. The molecule has 0 aliphatic carbocycles. The number of nitrogens with zero attached hydrogens (tertiary/aromatic N) is 5.